The fraction of sp³-hybridized carbons (Fsp3) is 0.222. The molecule has 4 heteroatoms. The molecule has 1 aromatic heterocycles. The Morgan fingerprint density at radius 3 is 2.54 bits per heavy atom. The highest BCUT2D eigenvalue weighted by Gasteiger charge is 2.06. The number of hydrogen-bond donors (Lipinski definition) is 2. The first kappa shape index (κ1) is 7.91. The van der Waals surface area contributed by atoms with Gasteiger partial charge in [0.15, 0.2) is 0 Å². The average molecular weight is 176 g/mol. The van der Waals surface area contributed by atoms with E-state index >= 15 is 0 Å². The zero-order valence-corrected chi connectivity index (χ0v) is 7.70. The van der Waals surface area contributed by atoms with Crippen molar-refractivity contribution >= 4 is 22.3 Å². The number of nitrogen functional groups attached to an aromatic ring is 2. The summed E-state index contributed by atoms with van der Waals surface area (Å²) in [6, 6.07) is 3.67. The number of hydrogen-bond acceptors (Lipinski definition) is 3. The SMILES string of the molecule is Cc1c2cc(N)c(N)cc2nn1C. The summed E-state index contributed by atoms with van der Waals surface area (Å²) in [7, 11) is 1.90. The number of nitrogens with two attached hydrogens (primary N) is 2. The van der Waals surface area contributed by atoms with Crippen LogP contribution < -0.4 is 11.5 Å². The summed E-state index contributed by atoms with van der Waals surface area (Å²) >= 11 is 0. The molecule has 0 bridgehead atoms. The lowest BCUT2D eigenvalue weighted by Crippen LogP contribution is -1.93. The molecule has 0 aliphatic rings. The minimum Gasteiger partial charge on any atom is -0.397 e. The summed E-state index contributed by atoms with van der Waals surface area (Å²) in [5.74, 6) is 0. The van der Waals surface area contributed by atoms with Gasteiger partial charge in [0.25, 0.3) is 0 Å². The smallest absolute Gasteiger partial charge is 0.0948 e. The second-order valence-electron chi connectivity index (χ2n) is 3.21. The molecule has 4 nitrogen and oxygen atoms in total. The van der Waals surface area contributed by atoms with Gasteiger partial charge in [0, 0.05) is 18.1 Å². The zero-order chi connectivity index (χ0) is 9.59. The minimum absolute atomic E-state index is 0.589. The van der Waals surface area contributed by atoms with Crippen LogP contribution in [0.25, 0.3) is 10.9 Å². The van der Waals surface area contributed by atoms with Crippen LogP contribution in [-0.2, 0) is 7.05 Å². The number of fused-ring (bicyclic) bond motifs is 1. The van der Waals surface area contributed by atoms with E-state index in [2.05, 4.69) is 5.10 Å². The van der Waals surface area contributed by atoms with Gasteiger partial charge in [-0.05, 0) is 19.1 Å². The van der Waals surface area contributed by atoms with Crippen molar-refractivity contribution in [3.8, 4) is 0 Å². The molecule has 0 atom stereocenters. The Hall–Kier alpha value is -1.71. The predicted octanol–water partition coefficient (Wildman–Crippen LogP) is 1.05. The number of rotatable bonds is 0. The van der Waals surface area contributed by atoms with Crippen molar-refractivity contribution in [2.24, 2.45) is 7.05 Å². The summed E-state index contributed by atoms with van der Waals surface area (Å²) in [5.41, 5.74) is 14.6. The first-order valence-electron chi connectivity index (χ1n) is 4.08. The summed E-state index contributed by atoms with van der Waals surface area (Å²) in [4.78, 5) is 0. The van der Waals surface area contributed by atoms with Crippen LogP contribution in [0.15, 0.2) is 12.1 Å². The monoisotopic (exact) mass is 176 g/mol. The van der Waals surface area contributed by atoms with E-state index in [0.29, 0.717) is 11.4 Å². The first-order valence-corrected chi connectivity index (χ1v) is 4.08. The molecule has 1 heterocycles. The van der Waals surface area contributed by atoms with Gasteiger partial charge < -0.3 is 11.5 Å². The van der Waals surface area contributed by atoms with Gasteiger partial charge in [-0.25, -0.2) is 0 Å². The minimum atomic E-state index is 0.589. The number of anilines is 2. The topological polar surface area (TPSA) is 69.9 Å². The van der Waals surface area contributed by atoms with Crippen LogP contribution >= 0.6 is 0 Å². The van der Waals surface area contributed by atoms with E-state index in [-0.39, 0.29) is 0 Å². The normalized spacial score (nSPS) is 10.9. The van der Waals surface area contributed by atoms with Gasteiger partial charge in [0.1, 0.15) is 0 Å². The number of benzene rings is 1. The highest BCUT2D eigenvalue weighted by atomic mass is 15.3. The third kappa shape index (κ3) is 1.02. The molecule has 68 valence electrons. The van der Waals surface area contributed by atoms with Gasteiger partial charge in [-0.1, -0.05) is 0 Å². The molecule has 0 spiro atoms. The Morgan fingerprint density at radius 2 is 1.85 bits per heavy atom. The Bertz CT molecular complexity index is 470. The largest absolute Gasteiger partial charge is 0.397 e. The second-order valence-corrected chi connectivity index (χ2v) is 3.21. The Labute approximate surface area is 76.1 Å². The predicted molar refractivity (Wildman–Crippen MR) is 54.3 cm³/mol. The summed E-state index contributed by atoms with van der Waals surface area (Å²) in [6.45, 7) is 2.00. The molecular weight excluding hydrogens is 164 g/mol. The molecular formula is C9H12N4. The number of nitrogens with zero attached hydrogens (tertiary/aromatic N) is 2. The highest BCUT2D eigenvalue weighted by molar-refractivity contribution is 5.89. The third-order valence-corrected chi connectivity index (χ3v) is 2.33. The maximum Gasteiger partial charge on any atom is 0.0948 e. The van der Waals surface area contributed by atoms with Gasteiger partial charge in [-0.3, -0.25) is 4.68 Å². The van der Waals surface area contributed by atoms with Crippen molar-refractivity contribution in [1.82, 2.24) is 9.78 Å². The lowest BCUT2D eigenvalue weighted by atomic mass is 10.2. The molecule has 13 heavy (non-hydrogen) atoms. The third-order valence-electron chi connectivity index (χ3n) is 2.33. The van der Waals surface area contributed by atoms with Gasteiger partial charge >= 0.3 is 0 Å². The summed E-state index contributed by atoms with van der Waals surface area (Å²) in [6.07, 6.45) is 0. The molecule has 0 aliphatic carbocycles. The summed E-state index contributed by atoms with van der Waals surface area (Å²) < 4.78 is 1.82. The van der Waals surface area contributed by atoms with Crippen LogP contribution in [0.5, 0.6) is 0 Å². The fourth-order valence-electron chi connectivity index (χ4n) is 1.40. The van der Waals surface area contributed by atoms with E-state index < -0.39 is 0 Å². The van der Waals surface area contributed by atoms with Gasteiger partial charge in [0.05, 0.1) is 16.9 Å². The molecule has 0 fully saturated rings. The molecule has 4 N–H and O–H groups in total. The van der Waals surface area contributed by atoms with Crippen LogP contribution in [0, 0.1) is 6.92 Å². The zero-order valence-electron chi connectivity index (χ0n) is 7.70. The molecule has 0 aliphatic heterocycles. The quantitative estimate of drug-likeness (QED) is 0.589. The van der Waals surface area contributed by atoms with Crippen molar-refractivity contribution < 1.29 is 0 Å². The van der Waals surface area contributed by atoms with Gasteiger partial charge in [0.2, 0.25) is 0 Å². The van der Waals surface area contributed by atoms with Crippen LogP contribution in [0.3, 0.4) is 0 Å². The average Bonchev–Trinajstić information content (AvgIpc) is 2.32. The lowest BCUT2D eigenvalue weighted by Gasteiger charge is -1.98. The van der Waals surface area contributed by atoms with Crippen LogP contribution in [0.1, 0.15) is 5.69 Å². The van der Waals surface area contributed by atoms with E-state index in [1.54, 1.807) is 6.07 Å². The summed E-state index contributed by atoms with van der Waals surface area (Å²) in [5, 5.41) is 5.36. The number of aryl methyl sites for hydroxylation is 2. The van der Waals surface area contributed by atoms with E-state index in [4.69, 9.17) is 11.5 Å². The van der Waals surface area contributed by atoms with Crippen LogP contribution in [0.4, 0.5) is 11.4 Å². The van der Waals surface area contributed by atoms with Crippen molar-refractivity contribution in [3.63, 3.8) is 0 Å². The van der Waals surface area contributed by atoms with Gasteiger partial charge in [-0.2, -0.15) is 5.10 Å². The lowest BCUT2D eigenvalue weighted by molar-refractivity contribution is 0.751. The highest BCUT2D eigenvalue weighted by Crippen LogP contribution is 2.24. The molecule has 0 saturated carbocycles. The second kappa shape index (κ2) is 2.39. The van der Waals surface area contributed by atoms with Crippen molar-refractivity contribution in [2.45, 2.75) is 6.92 Å². The Balaban J connectivity index is 2.89. The first-order chi connectivity index (χ1) is 6.09. The van der Waals surface area contributed by atoms with E-state index in [0.717, 1.165) is 16.6 Å². The Kier molecular flexibility index (Phi) is 1.45. The maximum absolute atomic E-state index is 5.70. The van der Waals surface area contributed by atoms with E-state index in [9.17, 15) is 0 Å². The molecule has 0 unspecified atom stereocenters. The molecule has 0 amide bonds. The standard InChI is InChI=1S/C9H12N4/c1-5-6-3-7(10)8(11)4-9(6)12-13(5)2/h3-4H,10-11H2,1-2H3. The molecule has 2 aromatic rings. The molecule has 0 radical (unpaired) electrons. The molecule has 0 saturated heterocycles. The van der Waals surface area contributed by atoms with Crippen LogP contribution in [-0.4, -0.2) is 9.78 Å². The number of aromatic nitrogens is 2. The molecule has 2 rings (SSSR count). The van der Waals surface area contributed by atoms with Gasteiger partial charge in [-0.15, -0.1) is 0 Å². The Morgan fingerprint density at radius 1 is 1.23 bits per heavy atom. The molecule has 1 aromatic carbocycles. The maximum atomic E-state index is 5.70. The van der Waals surface area contributed by atoms with Crippen molar-refractivity contribution in [2.75, 3.05) is 11.5 Å². The van der Waals surface area contributed by atoms with Crippen molar-refractivity contribution in [1.29, 1.82) is 0 Å². The fourth-order valence-corrected chi connectivity index (χ4v) is 1.40. The van der Waals surface area contributed by atoms with E-state index in [1.807, 2.05) is 24.7 Å². The van der Waals surface area contributed by atoms with Crippen LogP contribution in [0.2, 0.25) is 0 Å². The van der Waals surface area contributed by atoms with Crippen molar-refractivity contribution in [3.05, 3.63) is 17.8 Å². The van der Waals surface area contributed by atoms with E-state index in [1.165, 1.54) is 0 Å².